The molecule has 29 heavy (non-hydrogen) atoms. The van der Waals surface area contributed by atoms with E-state index in [1.165, 1.54) is 0 Å². The fraction of sp³-hybridized carbons (Fsp3) is 0. The largest absolute Gasteiger partial charge is 0.339 e. The van der Waals surface area contributed by atoms with Gasteiger partial charge in [-0.1, -0.05) is 18.2 Å². The van der Waals surface area contributed by atoms with Gasteiger partial charge in [0.25, 0.3) is 0 Å². The minimum atomic E-state index is 0.629. The molecule has 0 saturated carbocycles. The Balaban J connectivity index is 1.58. The van der Waals surface area contributed by atoms with Crippen molar-refractivity contribution in [2.24, 2.45) is 0 Å². The number of nitriles is 1. The molecule has 0 aliphatic heterocycles. The summed E-state index contributed by atoms with van der Waals surface area (Å²) in [5.74, 6) is 0.876. The molecule has 0 fully saturated rings. The van der Waals surface area contributed by atoms with Crippen LogP contribution in [0.25, 0.3) is 22.6 Å². The summed E-state index contributed by atoms with van der Waals surface area (Å²) in [6.45, 7) is 0. The number of benzene rings is 2. The molecular formula is C23H16N6. The van der Waals surface area contributed by atoms with Crippen molar-refractivity contribution in [1.29, 1.82) is 5.26 Å². The number of rotatable bonds is 4. The molecule has 0 spiro atoms. The van der Waals surface area contributed by atoms with Crippen molar-refractivity contribution in [3.8, 4) is 23.0 Å². The lowest BCUT2D eigenvalue weighted by Crippen LogP contribution is -1.97. The summed E-state index contributed by atoms with van der Waals surface area (Å²) in [6, 6.07) is 23.7. The van der Waals surface area contributed by atoms with Crippen LogP contribution in [0.2, 0.25) is 0 Å². The number of nitrogens with one attached hydrogen (secondary N) is 1. The highest BCUT2D eigenvalue weighted by Crippen LogP contribution is 2.31. The van der Waals surface area contributed by atoms with E-state index in [9.17, 15) is 0 Å². The van der Waals surface area contributed by atoms with Gasteiger partial charge in [0.15, 0.2) is 0 Å². The van der Waals surface area contributed by atoms with Gasteiger partial charge in [0, 0.05) is 35.5 Å². The van der Waals surface area contributed by atoms with Crippen molar-refractivity contribution in [3.05, 3.63) is 97.2 Å². The molecule has 0 aliphatic rings. The standard InChI is InChI=1S/C23H16N6/c24-15-17-4-8-19(9-5-17)26-23-22(27-21-3-1-2-13-29(21)23)18-6-10-20(11-7-18)28-14-12-25-16-28/h1-14,16,26H. The third-order valence-electron chi connectivity index (χ3n) is 4.75. The van der Waals surface area contributed by atoms with E-state index in [0.29, 0.717) is 5.56 Å². The minimum absolute atomic E-state index is 0.629. The molecule has 2 aromatic carbocycles. The van der Waals surface area contributed by atoms with Crippen molar-refractivity contribution in [2.45, 2.75) is 0 Å². The van der Waals surface area contributed by atoms with Crippen LogP contribution in [0.5, 0.6) is 0 Å². The van der Waals surface area contributed by atoms with Gasteiger partial charge in [-0.25, -0.2) is 9.97 Å². The lowest BCUT2D eigenvalue weighted by molar-refractivity contribution is 1.06. The first-order valence-corrected chi connectivity index (χ1v) is 9.15. The molecule has 138 valence electrons. The van der Waals surface area contributed by atoms with Crippen LogP contribution in [0, 0.1) is 11.3 Å². The van der Waals surface area contributed by atoms with Crippen molar-refractivity contribution in [1.82, 2.24) is 18.9 Å². The Bertz CT molecular complexity index is 1310. The first kappa shape index (κ1) is 16.8. The SMILES string of the molecule is N#Cc1ccc(Nc2c(-c3ccc(-n4ccnc4)cc3)nc3ccccn23)cc1. The number of anilines is 2. The van der Waals surface area contributed by atoms with Crippen LogP contribution in [-0.2, 0) is 0 Å². The molecule has 0 radical (unpaired) electrons. The molecule has 1 N–H and O–H groups in total. The monoisotopic (exact) mass is 376 g/mol. The number of imidazole rings is 2. The Kier molecular flexibility index (Phi) is 4.04. The predicted molar refractivity (Wildman–Crippen MR) is 112 cm³/mol. The molecule has 0 bridgehead atoms. The molecule has 0 atom stereocenters. The number of nitrogens with zero attached hydrogens (tertiary/aromatic N) is 5. The predicted octanol–water partition coefficient (Wildman–Crippen LogP) is 4.80. The minimum Gasteiger partial charge on any atom is -0.339 e. The van der Waals surface area contributed by atoms with Crippen LogP contribution in [0.1, 0.15) is 5.56 Å². The normalized spacial score (nSPS) is 10.7. The van der Waals surface area contributed by atoms with Crippen molar-refractivity contribution >= 4 is 17.2 Å². The third-order valence-corrected chi connectivity index (χ3v) is 4.75. The van der Waals surface area contributed by atoms with Gasteiger partial charge in [0.1, 0.15) is 17.2 Å². The van der Waals surface area contributed by atoms with Gasteiger partial charge in [-0.2, -0.15) is 5.26 Å². The maximum Gasteiger partial charge on any atom is 0.143 e. The second-order valence-electron chi connectivity index (χ2n) is 6.57. The summed E-state index contributed by atoms with van der Waals surface area (Å²) >= 11 is 0. The van der Waals surface area contributed by atoms with Gasteiger partial charge in [-0.3, -0.25) is 4.40 Å². The van der Waals surface area contributed by atoms with E-state index in [1.54, 1.807) is 24.7 Å². The van der Waals surface area contributed by atoms with Gasteiger partial charge in [0.05, 0.1) is 18.0 Å². The number of hydrogen-bond donors (Lipinski definition) is 1. The maximum atomic E-state index is 9.02. The molecule has 3 aromatic heterocycles. The zero-order chi connectivity index (χ0) is 19.6. The molecule has 6 heteroatoms. The molecular weight excluding hydrogens is 360 g/mol. The summed E-state index contributed by atoms with van der Waals surface area (Å²) in [4.78, 5) is 8.93. The highest BCUT2D eigenvalue weighted by Gasteiger charge is 2.14. The van der Waals surface area contributed by atoms with E-state index in [-0.39, 0.29) is 0 Å². The maximum absolute atomic E-state index is 9.02. The topological polar surface area (TPSA) is 70.9 Å². The Morgan fingerprint density at radius 2 is 1.72 bits per heavy atom. The smallest absolute Gasteiger partial charge is 0.143 e. The quantitative estimate of drug-likeness (QED) is 0.489. The summed E-state index contributed by atoms with van der Waals surface area (Å²) in [5.41, 5.74) is 5.29. The summed E-state index contributed by atoms with van der Waals surface area (Å²) < 4.78 is 3.99. The van der Waals surface area contributed by atoms with E-state index in [2.05, 4.69) is 28.5 Å². The molecule has 5 rings (SSSR count). The van der Waals surface area contributed by atoms with Gasteiger partial charge in [-0.15, -0.1) is 0 Å². The second-order valence-corrected chi connectivity index (χ2v) is 6.57. The molecule has 0 saturated heterocycles. The fourth-order valence-electron chi connectivity index (χ4n) is 3.28. The number of hydrogen-bond acceptors (Lipinski definition) is 4. The highest BCUT2D eigenvalue weighted by atomic mass is 15.1. The van der Waals surface area contributed by atoms with E-state index < -0.39 is 0 Å². The number of aromatic nitrogens is 4. The Labute approximate surface area is 167 Å². The lowest BCUT2D eigenvalue weighted by atomic mass is 10.1. The molecule has 5 aromatic rings. The van der Waals surface area contributed by atoms with Crippen LogP contribution in [0.15, 0.2) is 91.6 Å². The number of pyridine rings is 1. The second kappa shape index (κ2) is 6.98. The summed E-state index contributed by atoms with van der Waals surface area (Å²) in [5, 5.41) is 12.5. The third kappa shape index (κ3) is 3.11. The van der Waals surface area contributed by atoms with Gasteiger partial charge in [0.2, 0.25) is 0 Å². The van der Waals surface area contributed by atoms with E-state index in [1.807, 2.05) is 63.8 Å². The van der Waals surface area contributed by atoms with Gasteiger partial charge < -0.3 is 9.88 Å². The Morgan fingerprint density at radius 1 is 0.897 bits per heavy atom. The Morgan fingerprint density at radius 3 is 2.45 bits per heavy atom. The Hall–Kier alpha value is -4.37. The van der Waals surface area contributed by atoms with Crippen LogP contribution < -0.4 is 5.32 Å². The fourth-order valence-corrected chi connectivity index (χ4v) is 3.28. The molecule has 3 heterocycles. The van der Waals surface area contributed by atoms with E-state index in [4.69, 9.17) is 10.2 Å². The van der Waals surface area contributed by atoms with Gasteiger partial charge in [-0.05, 0) is 48.5 Å². The van der Waals surface area contributed by atoms with E-state index in [0.717, 1.165) is 34.1 Å². The zero-order valence-electron chi connectivity index (χ0n) is 15.4. The first-order chi connectivity index (χ1) is 14.3. The molecule has 6 nitrogen and oxygen atoms in total. The van der Waals surface area contributed by atoms with Crippen LogP contribution in [0.3, 0.4) is 0 Å². The van der Waals surface area contributed by atoms with Gasteiger partial charge >= 0.3 is 0 Å². The molecule has 0 unspecified atom stereocenters. The van der Waals surface area contributed by atoms with Crippen molar-refractivity contribution < 1.29 is 0 Å². The average Bonchev–Trinajstić information content (AvgIpc) is 3.43. The average molecular weight is 376 g/mol. The highest BCUT2D eigenvalue weighted by molar-refractivity contribution is 5.80. The summed E-state index contributed by atoms with van der Waals surface area (Å²) in [7, 11) is 0. The number of fused-ring (bicyclic) bond motifs is 1. The van der Waals surface area contributed by atoms with Crippen molar-refractivity contribution in [2.75, 3.05) is 5.32 Å². The van der Waals surface area contributed by atoms with Crippen molar-refractivity contribution in [3.63, 3.8) is 0 Å². The lowest BCUT2D eigenvalue weighted by Gasteiger charge is -2.10. The van der Waals surface area contributed by atoms with Crippen LogP contribution in [0.4, 0.5) is 11.5 Å². The zero-order valence-corrected chi connectivity index (χ0v) is 15.4. The molecule has 0 aliphatic carbocycles. The molecule has 0 amide bonds. The van der Waals surface area contributed by atoms with Crippen LogP contribution in [-0.4, -0.2) is 18.9 Å². The summed E-state index contributed by atoms with van der Waals surface area (Å²) in [6.07, 6.45) is 7.43. The first-order valence-electron chi connectivity index (χ1n) is 9.15. The van der Waals surface area contributed by atoms with E-state index >= 15 is 0 Å². The van der Waals surface area contributed by atoms with Crippen LogP contribution >= 0.6 is 0 Å².